The molecule has 0 bridgehead atoms. The molecule has 150 valence electrons. The van der Waals surface area contributed by atoms with Crippen LogP contribution in [0.5, 0.6) is 0 Å². The van der Waals surface area contributed by atoms with Crippen LogP contribution in [0.4, 0.5) is 0 Å². The Morgan fingerprint density at radius 1 is 1.14 bits per heavy atom. The van der Waals surface area contributed by atoms with Gasteiger partial charge >= 0.3 is 23.6 Å². The van der Waals surface area contributed by atoms with Gasteiger partial charge < -0.3 is 23.9 Å². The van der Waals surface area contributed by atoms with E-state index in [-0.39, 0.29) is 12.3 Å². The van der Waals surface area contributed by atoms with Gasteiger partial charge in [0, 0.05) is 27.0 Å². The van der Waals surface area contributed by atoms with E-state index < -0.39 is 48.1 Å². The number of imidazole rings is 1. The number of hydrogen-bond acceptors (Lipinski definition) is 9. The molecule has 11 nitrogen and oxygen atoms in total. The molecule has 0 amide bonds. The molecular formula is C17H19N3O8. The van der Waals surface area contributed by atoms with Gasteiger partial charge in [0.2, 0.25) is 0 Å². The Labute approximate surface area is 158 Å². The van der Waals surface area contributed by atoms with E-state index in [1.54, 1.807) is 12.1 Å². The molecule has 0 radical (unpaired) electrons. The number of hydrogen-bond donors (Lipinski definition) is 1. The van der Waals surface area contributed by atoms with Gasteiger partial charge in [0.25, 0.3) is 0 Å². The summed E-state index contributed by atoms with van der Waals surface area (Å²) in [5.74, 6) is -1.88. The summed E-state index contributed by atoms with van der Waals surface area (Å²) in [4.78, 5) is 53.7. The molecule has 0 saturated carbocycles. The minimum Gasteiger partial charge on any atom is -0.463 e. The second-order valence-corrected chi connectivity index (χ2v) is 6.19. The molecule has 28 heavy (non-hydrogen) atoms. The van der Waals surface area contributed by atoms with Crippen molar-refractivity contribution in [1.82, 2.24) is 14.5 Å². The van der Waals surface area contributed by atoms with Gasteiger partial charge in [0.15, 0.2) is 24.1 Å². The minimum absolute atomic E-state index is 0.258. The van der Waals surface area contributed by atoms with Crippen molar-refractivity contribution >= 4 is 29.1 Å². The molecular weight excluding hydrogens is 374 g/mol. The van der Waals surface area contributed by atoms with Crippen molar-refractivity contribution in [3.05, 3.63) is 28.8 Å². The largest absolute Gasteiger partial charge is 0.463 e. The highest BCUT2D eigenvalue weighted by atomic mass is 16.7. The highest BCUT2D eigenvalue weighted by Gasteiger charge is 2.51. The van der Waals surface area contributed by atoms with Crippen molar-refractivity contribution in [3.8, 4) is 0 Å². The smallest absolute Gasteiger partial charge is 0.329 e. The van der Waals surface area contributed by atoms with Crippen LogP contribution < -0.4 is 5.69 Å². The zero-order valence-corrected chi connectivity index (χ0v) is 15.4. The summed E-state index contributed by atoms with van der Waals surface area (Å²) in [6.45, 7) is 3.31. The fourth-order valence-corrected chi connectivity index (χ4v) is 3.09. The molecule has 3 heterocycles. The second-order valence-electron chi connectivity index (χ2n) is 6.19. The van der Waals surface area contributed by atoms with Gasteiger partial charge in [0.05, 0.1) is 5.52 Å². The van der Waals surface area contributed by atoms with E-state index in [2.05, 4.69) is 9.97 Å². The lowest BCUT2D eigenvalue weighted by Crippen LogP contribution is -2.41. The van der Waals surface area contributed by atoms with Crippen molar-refractivity contribution in [2.45, 2.75) is 45.3 Å². The predicted octanol–water partition coefficient (Wildman–Crippen LogP) is 0.0485. The molecule has 1 aliphatic heterocycles. The lowest BCUT2D eigenvalue weighted by molar-refractivity contribution is -0.166. The summed E-state index contributed by atoms with van der Waals surface area (Å²) in [5.41, 5.74) is 0.167. The Morgan fingerprint density at radius 3 is 2.46 bits per heavy atom. The normalized spacial score (nSPS) is 24.1. The number of H-pyrrole nitrogens is 1. The van der Waals surface area contributed by atoms with E-state index in [0.717, 1.165) is 0 Å². The fraction of sp³-hybridized carbons (Fsp3) is 0.471. The van der Waals surface area contributed by atoms with E-state index in [1.165, 1.54) is 31.5 Å². The van der Waals surface area contributed by atoms with Gasteiger partial charge in [-0.2, -0.15) is 0 Å². The van der Waals surface area contributed by atoms with Gasteiger partial charge in [0.1, 0.15) is 12.7 Å². The molecule has 3 rings (SSSR count). The average Bonchev–Trinajstić information content (AvgIpc) is 3.09. The molecule has 2 aromatic rings. The number of fused-ring (bicyclic) bond motifs is 1. The first-order chi connectivity index (χ1) is 13.3. The minimum atomic E-state index is -1.15. The second kappa shape index (κ2) is 7.80. The van der Waals surface area contributed by atoms with E-state index in [1.807, 2.05) is 0 Å². The Kier molecular flexibility index (Phi) is 5.45. The quantitative estimate of drug-likeness (QED) is 0.551. The Morgan fingerprint density at radius 2 is 1.82 bits per heavy atom. The van der Waals surface area contributed by atoms with Gasteiger partial charge in [-0.3, -0.25) is 14.4 Å². The van der Waals surface area contributed by atoms with Crippen molar-refractivity contribution < 1.29 is 33.3 Å². The number of pyridine rings is 1. The van der Waals surface area contributed by atoms with Crippen molar-refractivity contribution in [1.29, 1.82) is 0 Å². The summed E-state index contributed by atoms with van der Waals surface area (Å²) in [7, 11) is 0. The van der Waals surface area contributed by atoms with Crippen LogP contribution in [0, 0.1) is 0 Å². The lowest BCUT2D eigenvalue weighted by Gasteiger charge is -2.23. The van der Waals surface area contributed by atoms with Gasteiger partial charge in [-0.15, -0.1) is 0 Å². The maximum absolute atomic E-state index is 12.5. The van der Waals surface area contributed by atoms with Crippen LogP contribution in [0.25, 0.3) is 11.2 Å². The zero-order valence-electron chi connectivity index (χ0n) is 15.4. The Bertz CT molecular complexity index is 965. The monoisotopic (exact) mass is 393 g/mol. The third-order valence-corrected chi connectivity index (χ3v) is 4.07. The number of nitrogens with zero attached hydrogens (tertiary/aromatic N) is 2. The topological polar surface area (TPSA) is 139 Å². The number of nitrogens with one attached hydrogen (secondary N) is 1. The summed E-state index contributed by atoms with van der Waals surface area (Å²) in [6, 6.07) is 3.29. The van der Waals surface area contributed by atoms with Crippen LogP contribution in [-0.2, 0) is 33.3 Å². The molecule has 1 fully saturated rings. The van der Waals surface area contributed by atoms with Crippen LogP contribution in [0.2, 0.25) is 0 Å². The first-order valence-corrected chi connectivity index (χ1v) is 8.46. The molecule has 0 aromatic carbocycles. The highest BCUT2D eigenvalue weighted by Crippen LogP contribution is 2.34. The summed E-state index contributed by atoms with van der Waals surface area (Å²) < 4.78 is 22.6. The fourth-order valence-electron chi connectivity index (χ4n) is 3.09. The summed E-state index contributed by atoms with van der Waals surface area (Å²) in [6.07, 6.45) is -2.86. The maximum atomic E-state index is 12.5. The zero-order chi connectivity index (χ0) is 20.4. The molecule has 0 aliphatic carbocycles. The average molecular weight is 393 g/mol. The lowest BCUT2D eigenvalue weighted by atomic mass is 10.1. The van der Waals surface area contributed by atoms with E-state index >= 15 is 0 Å². The van der Waals surface area contributed by atoms with Gasteiger partial charge in [-0.25, -0.2) is 14.3 Å². The van der Waals surface area contributed by atoms with E-state index in [9.17, 15) is 19.2 Å². The Hall–Kier alpha value is -3.21. The Balaban J connectivity index is 2.05. The van der Waals surface area contributed by atoms with Crippen LogP contribution in [0.15, 0.2) is 23.1 Å². The molecule has 2 aromatic heterocycles. The standard InChI is InChI=1S/C17H19N3O8/c1-8(21)25-7-12-13(26-9(2)22)14(27-10(3)23)16(28-12)20-15-11(19-17(20)24)5-4-6-18-15/h4-6,12-14,16H,7H2,1-3H3,(H,19,24)/t12-,13-,14-,16-/m1/s1. The molecule has 4 atom stereocenters. The van der Waals surface area contributed by atoms with Gasteiger partial charge in [-0.1, -0.05) is 0 Å². The number of rotatable bonds is 5. The number of esters is 3. The van der Waals surface area contributed by atoms with E-state index in [4.69, 9.17) is 18.9 Å². The molecule has 11 heteroatoms. The first kappa shape index (κ1) is 19.5. The maximum Gasteiger partial charge on any atom is 0.329 e. The molecule has 0 unspecified atom stereocenters. The number of aromatic amines is 1. The number of aromatic nitrogens is 3. The van der Waals surface area contributed by atoms with Crippen molar-refractivity contribution in [3.63, 3.8) is 0 Å². The first-order valence-electron chi connectivity index (χ1n) is 8.46. The van der Waals surface area contributed by atoms with Crippen molar-refractivity contribution in [2.24, 2.45) is 0 Å². The van der Waals surface area contributed by atoms with Crippen LogP contribution in [-0.4, -0.2) is 57.4 Å². The molecule has 1 N–H and O–H groups in total. The molecule has 1 saturated heterocycles. The van der Waals surface area contributed by atoms with Crippen LogP contribution in [0.3, 0.4) is 0 Å². The number of ether oxygens (including phenoxy) is 4. The number of carbonyl (C=O) groups excluding carboxylic acids is 3. The van der Waals surface area contributed by atoms with Crippen molar-refractivity contribution in [2.75, 3.05) is 6.61 Å². The van der Waals surface area contributed by atoms with Crippen LogP contribution >= 0.6 is 0 Å². The van der Waals surface area contributed by atoms with Crippen LogP contribution in [0.1, 0.15) is 27.0 Å². The molecule has 1 aliphatic rings. The SMILES string of the molecule is CC(=O)OC[C@H]1O[C@@H](n2c(=O)[nH]c3cccnc32)[C@H](OC(C)=O)[C@@H]1OC(C)=O. The summed E-state index contributed by atoms with van der Waals surface area (Å²) >= 11 is 0. The third kappa shape index (κ3) is 3.88. The number of carbonyl (C=O) groups is 3. The summed E-state index contributed by atoms with van der Waals surface area (Å²) in [5, 5.41) is 0. The third-order valence-electron chi connectivity index (χ3n) is 4.07. The predicted molar refractivity (Wildman–Crippen MR) is 92.0 cm³/mol. The highest BCUT2D eigenvalue weighted by molar-refractivity contribution is 5.70. The molecule has 0 spiro atoms. The van der Waals surface area contributed by atoms with Gasteiger partial charge in [-0.05, 0) is 12.1 Å². The van der Waals surface area contributed by atoms with E-state index in [0.29, 0.717) is 5.52 Å².